The Morgan fingerprint density at radius 3 is 1.89 bits per heavy atom. The van der Waals surface area contributed by atoms with Crippen molar-refractivity contribution in [3.8, 4) is 0 Å². The minimum absolute atomic E-state index is 0. The molecule has 0 saturated carbocycles. The molecule has 0 N–H and O–H groups in total. The van der Waals surface area contributed by atoms with Crippen molar-refractivity contribution >= 4 is 31.9 Å². The molecule has 1 aromatic heterocycles. The van der Waals surface area contributed by atoms with E-state index in [1.807, 2.05) is 0 Å². The van der Waals surface area contributed by atoms with Crippen LogP contribution in [0, 0.1) is 6.07 Å². The molecule has 0 aliphatic heterocycles. The fourth-order valence-corrected chi connectivity index (χ4v) is 1.28. The second-order valence-corrected chi connectivity index (χ2v) is 2.94. The first kappa shape index (κ1) is 9.71. The molecule has 42 valence electrons. The fraction of sp³-hybridized carbons (Fsp3) is 0. The third kappa shape index (κ3) is 3.42. The zero-order chi connectivity index (χ0) is 5.98. The van der Waals surface area contributed by atoms with E-state index in [0.717, 1.165) is 8.95 Å². The van der Waals surface area contributed by atoms with E-state index in [0.29, 0.717) is 0 Å². The monoisotopic (exact) mass is 241 g/mol. The first-order valence-electron chi connectivity index (χ1n) is 1.97. The number of rotatable bonds is 0. The van der Waals surface area contributed by atoms with Crippen LogP contribution in [0.3, 0.4) is 0 Å². The molecule has 0 aromatic carbocycles. The van der Waals surface area contributed by atoms with Crippen LogP contribution < -0.4 is 18.9 Å². The Balaban J connectivity index is 0.000000640. The third-order valence-electron chi connectivity index (χ3n) is 0.615. The molecule has 4 heteroatoms. The predicted octanol–water partition coefficient (Wildman–Crippen LogP) is -0.589. The first-order chi connectivity index (χ1) is 3.79. The minimum atomic E-state index is 0. The summed E-state index contributed by atoms with van der Waals surface area (Å²) in [7, 11) is 0. The molecule has 1 nitrogen and oxygen atoms in total. The van der Waals surface area contributed by atoms with E-state index in [2.05, 4.69) is 42.9 Å². The normalized spacial score (nSPS) is 8.22. The maximum absolute atomic E-state index is 3.86. The van der Waals surface area contributed by atoms with Crippen LogP contribution in [0.15, 0.2) is 21.3 Å². The largest absolute Gasteiger partial charge is 1.00 e. The summed E-state index contributed by atoms with van der Waals surface area (Å²) in [6, 6.07) is 2.94. The van der Waals surface area contributed by atoms with Crippen molar-refractivity contribution in [2.45, 2.75) is 0 Å². The summed E-state index contributed by atoms with van der Waals surface area (Å²) in [4.78, 5) is 3.86. The van der Waals surface area contributed by atoms with Gasteiger partial charge in [-0.15, -0.1) is 0 Å². The summed E-state index contributed by atoms with van der Waals surface area (Å²) < 4.78 is 1.73. The van der Waals surface area contributed by atoms with Crippen LogP contribution in [-0.4, -0.2) is 4.98 Å². The Labute approximate surface area is 82.7 Å². The van der Waals surface area contributed by atoms with Gasteiger partial charge in [-0.25, -0.2) is 0 Å². The van der Waals surface area contributed by atoms with Crippen LogP contribution >= 0.6 is 31.9 Å². The zero-order valence-electron chi connectivity index (χ0n) is 4.86. The molecular formula is C5H2Br2LiN. The van der Waals surface area contributed by atoms with Gasteiger partial charge in [-0.05, 0) is 0 Å². The van der Waals surface area contributed by atoms with Gasteiger partial charge in [-0.1, -0.05) is 53.2 Å². The van der Waals surface area contributed by atoms with Crippen LogP contribution in [0.4, 0.5) is 0 Å². The van der Waals surface area contributed by atoms with Crippen LogP contribution in [-0.2, 0) is 0 Å². The van der Waals surface area contributed by atoms with Gasteiger partial charge in [0.05, 0.1) is 0 Å². The molecule has 0 atom stereocenters. The number of halogens is 2. The molecule has 9 heavy (non-hydrogen) atoms. The Morgan fingerprint density at radius 1 is 1.22 bits per heavy atom. The second-order valence-electron chi connectivity index (χ2n) is 1.23. The molecule has 0 aliphatic rings. The fourth-order valence-electron chi connectivity index (χ4n) is 0.347. The van der Waals surface area contributed by atoms with Crippen molar-refractivity contribution in [3.63, 3.8) is 0 Å². The number of hydrogen-bond acceptors (Lipinski definition) is 1. The molecule has 0 aliphatic carbocycles. The van der Waals surface area contributed by atoms with E-state index >= 15 is 0 Å². The Morgan fingerprint density at radius 2 is 1.67 bits per heavy atom. The predicted molar refractivity (Wildman–Crippen MR) is 38.5 cm³/mol. The van der Waals surface area contributed by atoms with E-state index in [1.54, 1.807) is 12.4 Å². The summed E-state index contributed by atoms with van der Waals surface area (Å²) in [5, 5.41) is 0. The van der Waals surface area contributed by atoms with E-state index < -0.39 is 0 Å². The molecule has 0 saturated heterocycles. The molecule has 0 radical (unpaired) electrons. The smallest absolute Gasteiger partial charge is 0.389 e. The molecule has 0 amide bonds. The van der Waals surface area contributed by atoms with Gasteiger partial charge in [-0.2, -0.15) is 6.07 Å². The maximum atomic E-state index is 3.86. The molecule has 1 rings (SSSR count). The van der Waals surface area contributed by atoms with E-state index in [-0.39, 0.29) is 18.9 Å². The Bertz CT molecular complexity index is 175. The first-order valence-corrected chi connectivity index (χ1v) is 3.56. The zero-order valence-corrected chi connectivity index (χ0v) is 8.03. The Kier molecular flexibility index (Phi) is 4.87. The van der Waals surface area contributed by atoms with Gasteiger partial charge in [0.25, 0.3) is 0 Å². The van der Waals surface area contributed by atoms with Crippen molar-refractivity contribution in [2.24, 2.45) is 0 Å². The van der Waals surface area contributed by atoms with E-state index in [9.17, 15) is 0 Å². The minimum Gasteiger partial charge on any atom is -0.389 e. The van der Waals surface area contributed by atoms with Crippen LogP contribution in [0.25, 0.3) is 0 Å². The van der Waals surface area contributed by atoms with Gasteiger partial charge in [-0.3, -0.25) is 0 Å². The average Bonchev–Trinajstić information content (AvgIpc) is 1.64. The molecule has 0 fully saturated rings. The summed E-state index contributed by atoms with van der Waals surface area (Å²) >= 11 is 6.43. The number of hydrogen-bond donors (Lipinski definition) is 0. The van der Waals surface area contributed by atoms with Gasteiger partial charge in [0.15, 0.2) is 0 Å². The van der Waals surface area contributed by atoms with E-state index in [4.69, 9.17) is 0 Å². The summed E-state index contributed by atoms with van der Waals surface area (Å²) in [5.41, 5.74) is 0. The standard InChI is InChI=1S/C5H2Br2N.Li/c6-4-1-5(7)3-8-2-4;/h2-3H;/q-1;+1. The molecule has 0 bridgehead atoms. The van der Waals surface area contributed by atoms with Crippen molar-refractivity contribution < 1.29 is 18.9 Å². The SMILES string of the molecule is Brc1[c-]c(Br)cnc1.[Li+]. The number of pyridine rings is 1. The molecular weight excluding hydrogens is 241 g/mol. The van der Waals surface area contributed by atoms with Gasteiger partial charge in [0, 0.05) is 0 Å². The van der Waals surface area contributed by atoms with Crippen LogP contribution in [0.2, 0.25) is 0 Å². The number of aromatic nitrogens is 1. The molecule has 1 aromatic rings. The Hall–Kier alpha value is 0.707. The van der Waals surface area contributed by atoms with Crippen LogP contribution in [0.1, 0.15) is 0 Å². The third-order valence-corrected chi connectivity index (χ3v) is 1.42. The van der Waals surface area contributed by atoms with Gasteiger partial charge < -0.3 is 4.98 Å². The average molecular weight is 243 g/mol. The topological polar surface area (TPSA) is 12.9 Å². The van der Waals surface area contributed by atoms with Gasteiger partial charge in [0.2, 0.25) is 0 Å². The molecule has 0 unspecified atom stereocenters. The summed E-state index contributed by atoms with van der Waals surface area (Å²) in [6.07, 6.45) is 3.37. The molecule has 1 heterocycles. The van der Waals surface area contributed by atoms with Crippen molar-refractivity contribution in [3.05, 3.63) is 27.4 Å². The van der Waals surface area contributed by atoms with Gasteiger partial charge >= 0.3 is 18.9 Å². The maximum Gasteiger partial charge on any atom is 1.00 e. The van der Waals surface area contributed by atoms with Crippen molar-refractivity contribution in [2.75, 3.05) is 0 Å². The van der Waals surface area contributed by atoms with E-state index in [1.165, 1.54) is 0 Å². The van der Waals surface area contributed by atoms with Crippen molar-refractivity contribution in [1.82, 2.24) is 4.98 Å². The number of nitrogens with zero attached hydrogens (tertiary/aromatic N) is 1. The summed E-state index contributed by atoms with van der Waals surface area (Å²) in [5.74, 6) is 0. The second kappa shape index (κ2) is 4.51. The summed E-state index contributed by atoms with van der Waals surface area (Å²) in [6.45, 7) is 0. The quantitative estimate of drug-likeness (QED) is 0.438. The van der Waals surface area contributed by atoms with Crippen LogP contribution in [0.5, 0.6) is 0 Å². The van der Waals surface area contributed by atoms with Crippen molar-refractivity contribution in [1.29, 1.82) is 0 Å². The van der Waals surface area contributed by atoms with Gasteiger partial charge in [0.1, 0.15) is 0 Å². The molecule has 0 spiro atoms.